The first kappa shape index (κ1) is 21.4. The van der Waals surface area contributed by atoms with Crippen molar-refractivity contribution in [2.24, 2.45) is 0 Å². The highest BCUT2D eigenvalue weighted by Crippen LogP contribution is 2.39. The number of aromatic nitrogens is 2. The third kappa shape index (κ3) is 5.40. The molecule has 1 heterocycles. The number of hydrogen-bond acceptors (Lipinski definition) is 4. The molecular formula is C22H28F3N3O. The number of halogens is 3. The van der Waals surface area contributed by atoms with E-state index in [-0.39, 0.29) is 11.8 Å². The van der Waals surface area contributed by atoms with Crippen molar-refractivity contribution in [3.05, 3.63) is 41.6 Å². The van der Waals surface area contributed by atoms with E-state index in [1.807, 2.05) is 25.1 Å². The van der Waals surface area contributed by atoms with E-state index in [2.05, 4.69) is 16.0 Å². The molecule has 1 aliphatic rings. The molecule has 0 amide bonds. The molecule has 0 bridgehead atoms. The molecule has 0 atom stereocenters. The first-order valence-electron chi connectivity index (χ1n) is 10.3. The van der Waals surface area contributed by atoms with E-state index in [4.69, 9.17) is 4.74 Å². The minimum atomic E-state index is -4.55. The number of anilines is 2. The number of unbranched alkanes of at least 4 members (excludes halogenated alkanes) is 1. The highest BCUT2D eigenvalue weighted by Gasteiger charge is 2.37. The van der Waals surface area contributed by atoms with Gasteiger partial charge in [0.05, 0.1) is 6.61 Å². The van der Waals surface area contributed by atoms with Gasteiger partial charge in [-0.1, -0.05) is 44.7 Å². The van der Waals surface area contributed by atoms with Crippen molar-refractivity contribution < 1.29 is 17.9 Å². The third-order valence-electron chi connectivity index (χ3n) is 5.43. The average molecular weight is 407 g/mol. The molecular weight excluding hydrogens is 379 g/mol. The van der Waals surface area contributed by atoms with E-state index in [0.717, 1.165) is 31.9 Å². The second kappa shape index (κ2) is 9.46. The molecule has 7 heteroatoms. The van der Waals surface area contributed by atoms with Crippen LogP contribution in [0.25, 0.3) is 0 Å². The second-order valence-electron chi connectivity index (χ2n) is 7.58. The minimum Gasteiger partial charge on any atom is -0.463 e. The van der Waals surface area contributed by atoms with Crippen LogP contribution in [0.15, 0.2) is 30.5 Å². The first-order valence-corrected chi connectivity index (χ1v) is 10.3. The fourth-order valence-electron chi connectivity index (χ4n) is 3.74. The van der Waals surface area contributed by atoms with Gasteiger partial charge in [-0.2, -0.15) is 18.2 Å². The lowest BCUT2D eigenvalue weighted by Gasteiger charge is -2.26. The Kier molecular flexibility index (Phi) is 6.98. The molecule has 1 fully saturated rings. The molecule has 4 nitrogen and oxygen atoms in total. The van der Waals surface area contributed by atoms with Gasteiger partial charge in [-0.15, -0.1) is 0 Å². The number of nitrogens with zero attached hydrogens (tertiary/aromatic N) is 3. The normalized spacial score (nSPS) is 15.3. The van der Waals surface area contributed by atoms with Gasteiger partial charge in [0, 0.05) is 18.9 Å². The molecule has 29 heavy (non-hydrogen) atoms. The van der Waals surface area contributed by atoms with Crippen molar-refractivity contribution in [2.75, 3.05) is 18.6 Å². The average Bonchev–Trinajstić information content (AvgIpc) is 2.73. The summed E-state index contributed by atoms with van der Waals surface area (Å²) in [5, 5.41) is 0. The van der Waals surface area contributed by atoms with Crippen molar-refractivity contribution in [3.8, 4) is 6.01 Å². The molecule has 1 saturated carbocycles. The molecule has 0 aliphatic heterocycles. The predicted octanol–water partition coefficient (Wildman–Crippen LogP) is 6.49. The van der Waals surface area contributed by atoms with Crippen LogP contribution in [0.4, 0.5) is 24.7 Å². The monoisotopic (exact) mass is 407 g/mol. The van der Waals surface area contributed by atoms with Crippen molar-refractivity contribution >= 4 is 11.5 Å². The smallest absolute Gasteiger partial charge is 0.421 e. The number of hydrogen-bond donors (Lipinski definition) is 0. The highest BCUT2D eigenvalue weighted by molar-refractivity contribution is 5.63. The van der Waals surface area contributed by atoms with Gasteiger partial charge in [-0.25, -0.2) is 4.98 Å². The molecule has 1 aromatic heterocycles. The van der Waals surface area contributed by atoms with Gasteiger partial charge in [0.25, 0.3) is 0 Å². The van der Waals surface area contributed by atoms with Gasteiger partial charge in [0.2, 0.25) is 0 Å². The van der Waals surface area contributed by atoms with Crippen molar-refractivity contribution in [2.45, 2.75) is 64.0 Å². The summed E-state index contributed by atoms with van der Waals surface area (Å²) in [4.78, 5) is 9.34. The standard InChI is InChI=1S/C22H28F3N3O/c1-3-4-13-29-21-26-15-19(22(23,24)25)20(27-21)28(2)18-12-8-11-17(14-18)16-9-6-5-7-10-16/h8,11-12,14-16H,3-7,9-10,13H2,1-2H3. The van der Waals surface area contributed by atoms with Crippen LogP contribution in [0, 0.1) is 0 Å². The summed E-state index contributed by atoms with van der Waals surface area (Å²) in [7, 11) is 1.60. The maximum atomic E-state index is 13.6. The molecule has 0 N–H and O–H groups in total. The van der Waals surface area contributed by atoms with Gasteiger partial charge in [0.15, 0.2) is 5.82 Å². The predicted molar refractivity (Wildman–Crippen MR) is 108 cm³/mol. The van der Waals surface area contributed by atoms with E-state index in [9.17, 15) is 13.2 Å². The molecule has 3 rings (SSSR count). The zero-order valence-corrected chi connectivity index (χ0v) is 17.0. The number of ether oxygens (including phenoxy) is 1. The lowest BCUT2D eigenvalue weighted by atomic mass is 9.84. The second-order valence-corrected chi connectivity index (χ2v) is 7.58. The summed E-state index contributed by atoms with van der Waals surface area (Å²) in [5.74, 6) is 0.275. The largest absolute Gasteiger partial charge is 0.463 e. The SMILES string of the molecule is CCCCOc1ncc(C(F)(F)F)c(N(C)c2cccc(C3CCCCC3)c2)n1. The quantitative estimate of drug-likeness (QED) is 0.492. The Labute approximate surface area is 170 Å². The first-order chi connectivity index (χ1) is 13.9. The number of alkyl halides is 3. The maximum absolute atomic E-state index is 13.6. The van der Waals surface area contributed by atoms with Crippen molar-refractivity contribution in [1.29, 1.82) is 0 Å². The van der Waals surface area contributed by atoms with Crippen LogP contribution in [0.5, 0.6) is 6.01 Å². The van der Waals surface area contributed by atoms with E-state index >= 15 is 0 Å². The molecule has 1 aromatic carbocycles. The van der Waals surface area contributed by atoms with Crippen molar-refractivity contribution in [3.63, 3.8) is 0 Å². The van der Waals surface area contributed by atoms with Gasteiger partial charge in [0.1, 0.15) is 5.56 Å². The Morgan fingerprint density at radius 3 is 2.62 bits per heavy atom. The highest BCUT2D eigenvalue weighted by atomic mass is 19.4. The van der Waals surface area contributed by atoms with Crippen molar-refractivity contribution in [1.82, 2.24) is 9.97 Å². The summed E-state index contributed by atoms with van der Waals surface area (Å²) in [6, 6.07) is 7.74. The van der Waals surface area contributed by atoms with E-state index in [0.29, 0.717) is 18.2 Å². The van der Waals surface area contributed by atoms with Gasteiger partial charge in [-0.3, -0.25) is 0 Å². The third-order valence-corrected chi connectivity index (χ3v) is 5.43. The molecule has 0 saturated heterocycles. The molecule has 0 unspecified atom stereocenters. The molecule has 2 aromatic rings. The summed E-state index contributed by atoms with van der Waals surface area (Å²) < 4.78 is 46.2. The van der Waals surface area contributed by atoms with Crippen LogP contribution in [-0.2, 0) is 6.18 Å². The van der Waals surface area contributed by atoms with Crippen LogP contribution < -0.4 is 9.64 Å². The van der Waals surface area contributed by atoms with Crippen LogP contribution in [-0.4, -0.2) is 23.6 Å². The Morgan fingerprint density at radius 1 is 1.17 bits per heavy atom. The van der Waals surface area contributed by atoms with E-state index in [1.54, 1.807) is 7.05 Å². The zero-order valence-electron chi connectivity index (χ0n) is 17.0. The maximum Gasteiger partial charge on any atom is 0.421 e. The molecule has 0 spiro atoms. The Balaban J connectivity index is 1.91. The zero-order chi connectivity index (χ0) is 20.9. The Hall–Kier alpha value is -2.31. The summed E-state index contributed by atoms with van der Waals surface area (Å²) in [5.41, 5.74) is 0.985. The summed E-state index contributed by atoms with van der Waals surface area (Å²) in [6.45, 7) is 2.39. The fraction of sp³-hybridized carbons (Fsp3) is 0.545. The molecule has 0 radical (unpaired) electrons. The minimum absolute atomic E-state index is 0.0308. The van der Waals surface area contributed by atoms with Gasteiger partial charge < -0.3 is 9.64 Å². The fourth-order valence-corrected chi connectivity index (χ4v) is 3.74. The van der Waals surface area contributed by atoms with Crippen LogP contribution in [0.2, 0.25) is 0 Å². The van der Waals surface area contributed by atoms with Crippen LogP contribution in [0.3, 0.4) is 0 Å². The Bertz CT molecular complexity index is 804. The summed E-state index contributed by atoms with van der Waals surface area (Å²) >= 11 is 0. The van der Waals surface area contributed by atoms with Gasteiger partial charge >= 0.3 is 12.2 Å². The van der Waals surface area contributed by atoms with Crippen LogP contribution >= 0.6 is 0 Å². The molecule has 158 valence electrons. The lowest BCUT2D eigenvalue weighted by Crippen LogP contribution is -2.20. The van der Waals surface area contributed by atoms with E-state index in [1.165, 1.54) is 29.7 Å². The van der Waals surface area contributed by atoms with E-state index < -0.39 is 11.7 Å². The number of benzene rings is 1. The number of rotatable bonds is 7. The summed E-state index contributed by atoms with van der Waals surface area (Å²) in [6.07, 6.45) is 3.89. The molecule has 1 aliphatic carbocycles. The Morgan fingerprint density at radius 2 is 1.93 bits per heavy atom. The topological polar surface area (TPSA) is 38.2 Å². The van der Waals surface area contributed by atoms with Crippen LogP contribution in [0.1, 0.15) is 68.9 Å². The lowest BCUT2D eigenvalue weighted by molar-refractivity contribution is -0.137. The van der Waals surface area contributed by atoms with Gasteiger partial charge in [-0.05, 0) is 42.9 Å².